The van der Waals surface area contributed by atoms with Crippen LogP contribution in [0, 0.1) is 5.92 Å². The van der Waals surface area contributed by atoms with E-state index in [-0.39, 0.29) is 11.9 Å². The number of carbonyl (C=O) groups is 1. The van der Waals surface area contributed by atoms with E-state index < -0.39 is 0 Å². The molecule has 0 aliphatic heterocycles. The van der Waals surface area contributed by atoms with Crippen LogP contribution in [-0.2, 0) is 0 Å². The number of hydrogen-bond donors (Lipinski definition) is 3. The molecule has 0 bridgehead atoms. The molecule has 0 radical (unpaired) electrons. The number of anilines is 1. The van der Waals surface area contributed by atoms with E-state index in [1.165, 1.54) is 12.8 Å². The molecule has 98 valence electrons. The fraction of sp³-hybridized carbons (Fsp3) is 0.583. The average molecular weight is 249 g/mol. The minimum absolute atomic E-state index is 0.168. The maximum Gasteiger partial charge on any atom is 0.272 e. The first-order valence-electron chi connectivity index (χ1n) is 6.34. The van der Waals surface area contributed by atoms with E-state index in [4.69, 9.17) is 5.84 Å². The molecule has 0 aromatic carbocycles. The number of hydrogen-bond acceptors (Lipinski definition) is 5. The summed E-state index contributed by atoms with van der Waals surface area (Å²) in [5.41, 5.74) is 2.70. The molecule has 1 aliphatic rings. The van der Waals surface area contributed by atoms with Gasteiger partial charge in [0, 0.05) is 6.04 Å². The molecule has 1 heterocycles. The largest absolute Gasteiger partial charge is 0.348 e. The molecule has 1 unspecified atom stereocenters. The molecule has 2 rings (SSSR count). The molecular formula is C12H19N5O. The smallest absolute Gasteiger partial charge is 0.272 e. The highest BCUT2D eigenvalue weighted by atomic mass is 16.2. The molecule has 1 aromatic heterocycles. The summed E-state index contributed by atoms with van der Waals surface area (Å²) < 4.78 is 0. The third-order valence-corrected chi connectivity index (χ3v) is 3.19. The predicted molar refractivity (Wildman–Crippen MR) is 68.7 cm³/mol. The van der Waals surface area contributed by atoms with Crippen molar-refractivity contribution in [3.8, 4) is 0 Å². The van der Waals surface area contributed by atoms with Gasteiger partial charge in [-0.25, -0.2) is 5.84 Å². The quantitative estimate of drug-likeness (QED) is 0.518. The fourth-order valence-corrected chi connectivity index (χ4v) is 1.87. The summed E-state index contributed by atoms with van der Waals surface area (Å²) in [5.74, 6) is 6.26. The average Bonchev–Trinajstić information content (AvgIpc) is 3.22. The standard InChI is InChI=1S/C12H19N5O/c1-2-9(7-8-3-4-8)14-12(18)10-5-6-11(15-13)17-16-10/h5-6,8-9H,2-4,7,13H2,1H3,(H,14,18)(H,15,17). The molecule has 1 fully saturated rings. The van der Waals surface area contributed by atoms with Crippen LogP contribution in [0.5, 0.6) is 0 Å². The van der Waals surface area contributed by atoms with Crippen molar-refractivity contribution < 1.29 is 4.79 Å². The highest BCUT2D eigenvalue weighted by molar-refractivity contribution is 5.92. The highest BCUT2D eigenvalue weighted by Crippen LogP contribution is 2.34. The van der Waals surface area contributed by atoms with Crippen LogP contribution in [0.15, 0.2) is 12.1 Å². The minimum Gasteiger partial charge on any atom is -0.348 e. The van der Waals surface area contributed by atoms with E-state index in [0.717, 1.165) is 18.8 Å². The van der Waals surface area contributed by atoms with Gasteiger partial charge >= 0.3 is 0 Å². The van der Waals surface area contributed by atoms with Crippen molar-refractivity contribution in [1.82, 2.24) is 15.5 Å². The van der Waals surface area contributed by atoms with Crippen molar-refractivity contribution in [3.63, 3.8) is 0 Å². The van der Waals surface area contributed by atoms with Crippen molar-refractivity contribution in [1.29, 1.82) is 0 Å². The van der Waals surface area contributed by atoms with Gasteiger partial charge in [0.1, 0.15) is 0 Å². The molecule has 1 aliphatic carbocycles. The summed E-state index contributed by atoms with van der Waals surface area (Å²) in [6.45, 7) is 2.08. The van der Waals surface area contributed by atoms with Crippen molar-refractivity contribution in [2.75, 3.05) is 5.43 Å². The van der Waals surface area contributed by atoms with Crippen LogP contribution >= 0.6 is 0 Å². The van der Waals surface area contributed by atoms with Gasteiger partial charge in [-0.15, -0.1) is 10.2 Å². The fourth-order valence-electron chi connectivity index (χ4n) is 1.87. The molecule has 1 aromatic rings. The first-order valence-corrected chi connectivity index (χ1v) is 6.34. The van der Waals surface area contributed by atoms with Crippen LogP contribution in [0.4, 0.5) is 5.82 Å². The lowest BCUT2D eigenvalue weighted by molar-refractivity contribution is 0.0926. The van der Waals surface area contributed by atoms with Crippen LogP contribution in [0.25, 0.3) is 0 Å². The zero-order chi connectivity index (χ0) is 13.0. The monoisotopic (exact) mass is 249 g/mol. The summed E-state index contributed by atoms with van der Waals surface area (Å²) >= 11 is 0. The summed E-state index contributed by atoms with van der Waals surface area (Å²) in [7, 11) is 0. The number of nitrogen functional groups attached to an aromatic ring is 1. The van der Waals surface area contributed by atoms with Crippen LogP contribution in [0.3, 0.4) is 0 Å². The minimum atomic E-state index is -0.168. The van der Waals surface area contributed by atoms with E-state index in [0.29, 0.717) is 11.5 Å². The Bertz CT molecular complexity index is 401. The van der Waals surface area contributed by atoms with Crippen LogP contribution in [-0.4, -0.2) is 22.1 Å². The van der Waals surface area contributed by atoms with Gasteiger partial charge in [0.25, 0.3) is 5.91 Å². The van der Waals surface area contributed by atoms with Crippen LogP contribution in [0.2, 0.25) is 0 Å². The van der Waals surface area contributed by atoms with E-state index in [2.05, 4.69) is 27.9 Å². The van der Waals surface area contributed by atoms with Gasteiger partial charge in [-0.05, 0) is 30.9 Å². The Hall–Kier alpha value is -1.69. The zero-order valence-corrected chi connectivity index (χ0v) is 10.5. The third-order valence-electron chi connectivity index (χ3n) is 3.19. The molecular weight excluding hydrogens is 230 g/mol. The Kier molecular flexibility index (Phi) is 4.09. The number of nitrogens with zero attached hydrogens (tertiary/aromatic N) is 2. The van der Waals surface area contributed by atoms with E-state index >= 15 is 0 Å². The summed E-state index contributed by atoms with van der Waals surface area (Å²) in [4.78, 5) is 12.0. The Morgan fingerprint density at radius 2 is 2.28 bits per heavy atom. The van der Waals surface area contributed by atoms with Gasteiger partial charge in [0.05, 0.1) is 0 Å². The van der Waals surface area contributed by atoms with Gasteiger partial charge in [-0.1, -0.05) is 19.8 Å². The normalized spacial score (nSPS) is 16.1. The second-order valence-corrected chi connectivity index (χ2v) is 4.71. The van der Waals surface area contributed by atoms with Crippen molar-refractivity contribution in [2.24, 2.45) is 11.8 Å². The SMILES string of the molecule is CCC(CC1CC1)NC(=O)c1ccc(NN)nn1. The molecule has 1 saturated carbocycles. The van der Waals surface area contributed by atoms with Crippen molar-refractivity contribution in [2.45, 2.75) is 38.6 Å². The summed E-state index contributed by atoms with van der Waals surface area (Å²) in [5, 5.41) is 10.6. The molecule has 0 saturated heterocycles. The number of rotatable bonds is 6. The highest BCUT2D eigenvalue weighted by Gasteiger charge is 2.25. The number of aromatic nitrogens is 2. The number of hydrazine groups is 1. The lowest BCUT2D eigenvalue weighted by atomic mass is 10.1. The third kappa shape index (κ3) is 3.40. The van der Waals surface area contributed by atoms with Crippen molar-refractivity contribution >= 4 is 11.7 Å². The predicted octanol–water partition coefficient (Wildman–Crippen LogP) is 1.07. The first-order chi connectivity index (χ1) is 8.72. The van der Waals surface area contributed by atoms with Gasteiger partial charge in [-0.2, -0.15) is 0 Å². The summed E-state index contributed by atoms with van der Waals surface area (Å²) in [6, 6.07) is 3.48. The Morgan fingerprint density at radius 3 is 2.78 bits per heavy atom. The van der Waals surface area contributed by atoms with Gasteiger partial charge < -0.3 is 10.7 Å². The Morgan fingerprint density at radius 1 is 1.50 bits per heavy atom. The number of nitrogens with one attached hydrogen (secondary N) is 2. The maximum atomic E-state index is 12.0. The van der Waals surface area contributed by atoms with E-state index in [1.807, 2.05) is 0 Å². The number of carbonyl (C=O) groups excluding carboxylic acids is 1. The molecule has 1 amide bonds. The lowest BCUT2D eigenvalue weighted by Gasteiger charge is -2.16. The van der Waals surface area contributed by atoms with Crippen molar-refractivity contribution in [3.05, 3.63) is 17.8 Å². The lowest BCUT2D eigenvalue weighted by Crippen LogP contribution is -2.35. The first kappa shape index (κ1) is 12.8. The molecule has 4 N–H and O–H groups in total. The molecule has 0 spiro atoms. The van der Waals surface area contributed by atoms with Gasteiger partial charge in [0.15, 0.2) is 11.5 Å². The Balaban J connectivity index is 1.91. The molecule has 1 atom stereocenters. The second kappa shape index (κ2) is 5.77. The topological polar surface area (TPSA) is 92.9 Å². The van der Waals surface area contributed by atoms with Crippen LogP contribution < -0.4 is 16.6 Å². The van der Waals surface area contributed by atoms with Gasteiger partial charge in [0.2, 0.25) is 0 Å². The summed E-state index contributed by atoms with van der Waals surface area (Å²) in [6.07, 6.45) is 4.60. The zero-order valence-electron chi connectivity index (χ0n) is 10.5. The maximum absolute atomic E-state index is 12.0. The molecule has 6 nitrogen and oxygen atoms in total. The van der Waals surface area contributed by atoms with E-state index in [9.17, 15) is 4.79 Å². The van der Waals surface area contributed by atoms with E-state index in [1.54, 1.807) is 12.1 Å². The number of nitrogens with two attached hydrogens (primary N) is 1. The molecule has 6 heteroatoms. The molecule has 18 heavy (non-hydrogen) atoms. The van der Waals surface area contributed by atoms with Gasteiger partial charge in [-0.3, -0.25) is 4.79 Å². The number of amides is 1. The second-order valence-electron chi connectivity index (χ2n) is 4.71. The Labute approximate surface area is 106 Å². The van der Waals surface area contributed by atoms with Crippen LogP contribution in [0.1, 0.15) is 43.1 Å².